The number of carbonyl (C=O) groups excluding carboxylic acids is 1. The van der Waals surface area contributed by atoms with E-state index in [9.17, 15) is 4.79 Å². The maximum atomic E-state index is 11.0. The predicted octanol–water partition coefficient (Wildman–Crippen LogP) is 1.52. The molecule has 5 nitrogen and oxygen atoms in total. The van der Waals surface area contributed by atoms with Crippen LogP contribution in [-0.4, -0.2) is 22.8 Å². The summed E-state index contributed by atoms with van der Waals surface area (Å²) >= 11 is 4.88. The molecule has 1 amide bonds. The molecule has 0 saturated carbocycles. The van der Waals surface area contributed by atoms with Crippen LogP contribution >= 0.6 is 12.2 Å². The fourth-order valence-electron chi connectivity index (χ4n) is 0.857. The number of alkyl carbamates (subject to hydrolysis) is 1. The van der Waals surface area contributed by atoms with Gasteiger partial charge in [-0.1, -0.05) is 0 Å². The van der Waals surface area contributed by atoms with Gasteiger partial charge in [0.25, 0.3) is 0 Å². The van der Waals surface area contributed by atoms with Gasteiger partial charge in [0, 0.05) is 18.1 Å². The number of amides is 1. The minimum atomic E-state index is -0.566. The summed E-state index contributed by atoms with van der Waals surface area (Å²) in [6.45, 7) is 2.03. The number of ether oxygens (including phenoxy) is 1. The second kappa shape index (κ2) is 5.92. The Bertz CT molecular complexity index is 342. The van der Waals surface area contributed by atoms with Crippen molar-refractivity contribution < 1.29 is 9.53 Å². The Morgan fingerprint density at radius 3 is 2.80 bits per heavy atom. The lowest BCUT2D eigenvalue weighted by Gasteiger charge is -2.08. The van der Waals surface area contributed by atoms with Crippen LogP contribution in [0.25, 0.3) is 0 Å². The van der Waals surface area contributed by atoms with Gasteiger partial charge in [-0.05, 0) is 31.3 Å². The highest BCUT2D eigenvalue weighted by atomic mass is 32.1. The van der Waals surface area contributed by atoms with Gasteiger partial charge in [0.15, 0.2) is 5.11 Å². The summed E-state index contributed by atoms with van der Waals surface area (Å²) in [5.74, 6) is 0. The second-order valence-corrected chi connectivity index (χ2v) is 2.94. The molecule has 2 N–H and O–H groups in total. The van der Waals surface area contributed by atoms with Crippen LogP contribution in [0.4, 0.5) is 10.5 Å². The molecule has 0 radical (unpaired) electrons. The predicted molar refractivity (Wildman–Crippen MR) is 60.6 cm³/mol. The molecule has 0 bridgehead atoms. The molecule has 0 aliphatic carbocycles. The van der Waals surface area contributed by atoms with Crippen molar-refractivity contribution in [3.05, 3.63) is 24.5 Å². The molecule has 0 aliphatic heterocycles. The van der Waals surface area contributed by atoms with E-state index in [2.05, 4.69) is 20.4 Å². The third-order valence-corrected chi connectivity index (χ3v) is 1.63. The Balaban J connectivity index is 2.40. The van der Waals surface area contributed by atoms with Gasteiger partial charge < -0.3 is 10.1 Å². The number of anilines is 1. The zero-order valence-electron chi connectivity index (χ0n) is 8.19. The fraction of sp³-hybridized carbons (Fsp3) is 0.222. The van der Waals surface area contributed by atoms with Crippen molar-refractivity contribution in [2.24, 2.45) is 0 Å². The monoisotopic (exact) mass is 225 g/mol. The number of hydrogen-bond acceptors (Lipinski definition) is 4. The molecule has 0 saturated heterocycles. The van der Waals surface area contributed by atoms with Crippen molar-refractivity contribution in [1.82, 2.24) is 10.3 Å². The third kappa shape index (κ3) is 4.37. The molecule has 0 unspecified atom stereocenters. The lowest BCUT2D eigenvalue weighted by molar-refractivity contribution is 0.158. The summed E-state index contributed by atoms with van der Waals surface area (Å²) in [5, 5.41) is 5.37. The van der Waals surface area contributed by atoms with Gasteiger partial charge >= 0.3 is 6.09 Å². The molecule has 1 aromatic heterocycles. The molecule has 1 rings (SSSR count). The average molecular weight is 225 g/mol. The number of aromatic nitrogens is 1. The maximum absolute atomic E-state index is 11.0. The summed E-state index contributed by atoms with van der Waals surface area (Å²) in [6, 6.07) is 3.47. The van der Waals surface area contributed by atoms with Gasteiger partial charge in [0.1, 0.15) is 0 Å². The molecule has 0 aromatic carbocycles. The first-order valence-electron chi connectivity index (χ1n) is 4.37. The summed E-state index contributed by atoms with van der Waals surface area (Å²) in [4.78, 5) is 14.8. The summed E-state index contributed by atoms with van der Waals surface area (Å²) in [5.41, 5.74) is 0.756. The lowest BCUT2D eigenvalue weighted by Crippen LogP contribution is -2.34. The topological polar surface area (TPSA) is 63.2 Å². The number of nitrogens with zero attached hydrogens (tertiary/aromatic N) is 1. The van der Waals surface area contributed by atoms with Crippen molar-refractivity contribution in [3.8, 4) is 0 Å². The van der Waals surface area contributed by atoms with Gasteiger partial charge in [-0.25, -0.2) is 4.79 Å². The Morgan fingerprint density at radius 1 is 1.53 bits per heavy atom. The minimum Gasteiger partial charge on any atom is -0.450 e. The number of carbonyl (C=O) groups is 1. The molecule has 15 heavy (non-hydrogen) atoms. The highest BCUT2D eigenvalue weighted by Gasteiger charge is 2.03. The quantitative estimate of drug-likeness (QED) is 0.747. The Hall–Kier alpha value is -1.69. The zero-order valence-corrected chi connectivity index (χ0v) is 9.00. The van der Waals surface area contributed by atoms with Gasteiger partial charge in [0.2, 0.25) is 0 Å². The van der Waals surface area contributed by atoms with Gasteiger partial charge in [-0.3, -0.25) is 10.3 Å². The lowest BCUT2D eigenvalue weighted by atomic mass is 10.4. The molecule has 0 aliphatic rings. The van der Waals surface area contributed by atoms with Gasteiger partial charge in [0.05, 0.1) is 6.61 Å². The zero-order chi connectivity index (χ0) is 11.1. The van der Waals surface area contributed by atoms with E-state index in [-0.39, 0.29) is 5.11 Å². The number of hydrogen-bond donors (Lipinski definition) is 2. The molecule has 1 aromatic rings. The van der Waals surface area contributed by atoms with Crippen LogP contribution in [0.5, 0.6) is 0 Å². The van der Waals surface area contributed by atoms with Crippen LogP contribution in [-0.2, 0) is 4.74 Å². The summed E-state index contributed by atoms with van der Waals surface area (Å²) in [6.07, 6.45) is 2.68. The van der Waals surface area contributed by atoms with Gasteiger partial charge in [-0.2, -0.15) is 0 Å². The van der Waals surface area contributed by atoms with Crippen LogP contribution in [0.15, 0.2) is 24.5 Å². The second-order valence-electron chi connectivity index (χ2n) is 2.54. The molecule has 0 spiro atoms. The highest BCUT2D eigenvalue weighted by molar-refractivity contribution is 7.80. The van der Waals surface area contributed by atoms with E-state index in [1.165, 1.54) is 0 Å². The SMILES string of the molecule is CCOC(=O)NC(=S)Nc1ccncc1. The summed E-state index contributed by atoms with van der Waals surface area (Å²) < 4.78 is 4.66. The van der Waals surface area contributed by atoms with E-state index in [0.29, 0.717) is 6.61 Å². The Labute approximate surface area is 92.8 Å². The largest absolute Gasteiger partial charge is 0.450 e. The number of thiocarbonyl (C=S) groups is 1. The first-order chi connectivity index (χ1) is 7.22. The first-order valence-corrected chi connectivity index (χ1v) is 4.78. The van der Waals surface area contributed by atoms with Crippen LogP contribution in [0.2, 0.25) is 0 Å². The van der Waals surface area contributed by atoms with E-state index in [0.717, 1.165) is 5.69 Å². The van der Waals surface area contributed by atoms with E-state index in [1.54, 1.807) is 31.5 Å². The Kier molecular flexibility index (Phi) is 4.49. The standard InChI is InChI=1S/C9H11N3O2S/c1-2-14-9(13)12-8(15)11-7-3-5-10-6-4-7/h3-6H,2H2,1H3,(H2,10,11,12,13,15). The van der Waals surface area contributed by atoms with E-state index in [1.807, 2.05) is 0 Å². The molecule has 6 heteroatoms. The van der Waals surface area contributed by atoms with Crippen molar-refractivity contribution in [2.45, 2.75) is 6.92 Å². The third-order valence-electron chi connectivity index (χ3n) is 1.43. The minimum absolute atomic E-state index is 0.194. The molecule has 1 heterocycles. The molecule has 80 valence electrons. The van der Waals surface area contributed by atoms with Crippen LogP contribution in [0.3, 0.4) is 0 Å². The van der Waals surface area contributed by atoms with Crippen LogP contribution in [0.1, 0.15) is 6.92 Å². The summed E-state index contributed by atoms with van der Waals surface area (Å²) in [7, 11) is 0. The number of pyridine rings is 1. The van der Waals surface area contributed by atoms with Gasteiger partial charge in [-0.15, -0.1) is 0 Å². The average Bonchev–Trinajstić information content (AvgIpc) is 2.19. The normalized spacial score (nSPS) is 9.13. The maximum Gasteiger partial charge on any atom is 0.413 e. The van der Waals surface area contributed by atoms with Crippen LogP contribution in [0, 0.1) is 0 Å². The number of nitrogens with one attached hydrogen (secondary N) is 2. The molecular formula is C9H11N3O2S. The number of rotatable bonds is 2. The van der Waals surface area contributed by atoms with Crippen molar-refractivity contribution in [2.75, 3.05) is 11.9 Å². The molecule has 0 atom stereocenters. The van der Waals surface area contributed by atoms with E-state index >= 15 is 0 Å². The van der Waals surface area contributed by atoms with Crippen molar-refractivity contribution >= 4 is 29.1 Å². The highest BCUT2D eigenvalue weighted by Crippen LogP contribution is 2.02. The van der Waals surface area contributed by atoms with E-state index < -0.39 is 6.09 Å². The molecule has 0 fully saturated rings. The van der Waals surface area contributed by atoms with Crippen molar-refractivity contribution in [3.63, 3.8) is 0 Å². The first kappa shape index (κ1) is 11.4. The van der Waals surface area contributed by atoms with E-state index in [4.69, 9.17) is 12.2 Å². The smallest absolute Gasteiger partial charge is 0.413 e. The van der Waals surface area contributed by atoms with Crippen molar-refractivity contribution in [1.29, 1.82) is 0 Å². The fourth-order valence-corrected chi connectivity index (χ4v) is 1.06. The van der Waals surface area contributed by atoms with Crippen LogP contribution < -0.4 is 10.6 Å². The molecular weight excluding hydrogens is 214 g/mol. The Morgan fingerprint density at radius 2 is 2.20 bits per heavy atom.